The average Bonchev–Trinajstić information content (AvgIpc) is 2.03. The number of rotatable bonds is 6. The number of hydrogen-bond acceptors (Lipinski definition) is 2. The zero-order valence-corrected chi connectivity index (χ0v) is 9.23. The highest BCUT2D eigenvalue weighted by atomic mass is 16.1. The molecule has 0 spiro atoms. The molecular formula is C10H24N2O. The highest BCUT2D eigenvalue weighted by molar-refractivity contribution is 5.70. The molecule has 0 rings (SSSR count). The van der Waals surface area contributed by atoms with Crippen LogP contribution in [0.25, 0.3) is 0 Å². The summed E-state index contributed by atoms with van der Waals surface area (Å²) in [6, 6.07) is 0. The van der Waals surface area contributed by atoms with E-state index in [1.807, 2.05) is 0 Å². The number of unbranched alkanes of at least 4 members (excludes halogenated alkanes) is 2. The second kappa shape index (κ2) is 14.0. The molecule has 0 bridgehead atoms. The summed E-state index contributed by atoms with van der Waals surface area (Å²) in [4.78, 5) is 9.22. The van der Waals surface area contributed by atoms with Gasteiger partial charge in [-0.1, -0.05) is 26.7 Å². The molecule has 0 heterocycles. The van der Waals surface area contributed by atoms with Gasteiger partial charge < -0.3 is 11.1 Å². The van der Waals surface area contributed by atoms with Crippen LogP contribution in [0.5, 0.6) is 0 Å². The Balaban J connectivity index is 0. The Morgan fingerprint density at radius 3 is 1.69 bits per heavy atom. The first-order valence-corrected chi connectivity index (χ1v) is 5.11. The number of carbonyl (C=O) groups excluding carboxylic acids is 1. The third kappa shape index (κ3) is 34.5. The lowest BCUT2D eigenvalue weighted by Crippen LogP contribution is -2.15. The quantitative estimate of drug-likeness (QED) is 0.623. The number of primary amides is 1. The van der Waals surface area contributed by atoms with Crippen LogP contribution in [0.3, 0.4) is 0 Å². The summed E-state index contributed by atoms with van der Waals surface area (Å²) in [5.74, 6) is -0.333. The van der Waals surface area contributed by atoms with Gasteiger partial charge in [0.05, 0.1) is 0 Å². The summed E-state index contributed by atoms with van der Waals surface area (Å²) in [6.45, 7) is 8.16. The Hall–Kier alpha value is -0.570. The largest absolute Gasteiger partial charge is 0.370 e. The second-order valence-corrected chi connectivity index (χ2v) is 3.07. The SMILES string of the molecule is CC(N)=O.CCCCNCCCC. The van der Waals surface area contributed by atoms with Crippen molar-refractivity contribution in [2.24, 2.45) is 5.73 Å². The molecule has 0 aromatic heterocycles. The lowest BCUT2D eigenvalue weighted by atomic mass is 10.3. The van der Waals surface area contributed by atoms with Gasteiger partial charge in [-0.2, -0.15) is 0 Å². The molecule has 1 amide bonds. The van der Waals surface area contributed by atoms with Crippen molar-refractivity contribution in [2.45, 2.75) is 46.5 Å². The van der Waals surface area contributed by atoms with Crippen molar-refractivity contribution < 1.29 is 4.79 Å². The first kappa shape index (κ1) is 14.9. The molecule has 0 saturated heterocycles. The molecule has 3 heteroatoms. The molecule has 0 fully saturated rings. The fourth-order valence-corrected chi connectivity index (χ4v) is 0.729. The number of nitrogens with one attached hydrogen (secondary N) is 1. The molecular weight excluding hydrogens is 164 g/mol. The van der Waals surface area contributed by atoms with E-state index in [0.717, 1.165) is 0 Å². The molecule has 0 aliphatic carbocycles. The van der Waals surface area contributed by atoms with Gasteiger partial charge in [-0.25, -0.2) is 0 Å². The summed E-state index contributed by atoms with van der Waals surface area (Å²) in [6.07, 6.45) is 5.26. The summed E-state index contributed by atoms with van der Waals surface area (Å²) in [7, 11) is 0. The minimum Gasteiger partial charge on any atom is -0.370 e. The van der Waals surface area contributed by atoms with Gasteiger partial charge in [-0.05, 0) is 25.9 Å². The molecule has 0 aromatic carbocycles. The van der Waals surface area contributed by atoms with E-state index < -0.39 is 0 Å². The van der Waals surface area contributed by atoms with Crippen LogP contribution in [-0.4, -0.2) is 19.0 Å². The molecule has 0 aromatic rings. The van der Waals surface area contributed by atoms with E-state index in [2.05, 4.69) is 24.9 Å². The molecule has 13 heavy (non-hydrogen) atoms. The van der Waals surface area contributed by atoms with Gasteiger partial charge >= 0.3 is 0 Å². The maximum Gasteiger partial charge on any atom is 0.214 e. The van der Waals surface area contributed by atoms with Crippen LogP contribution >= 0.6 is 0 Å². The second-order valence-electron chi connectivity index (χ2n) is 3.07. The van der Waals surface area contributed by atoms with Gasteiger partial charge in [0.15, 0.2) is 0 Å². The van der Waals surface area contributed by atoms with Crippen LogP contribution in [0.15, 0.2) is 0 Å². The lowest BCUT2D eigenvalue weighted by Gasteiger charge is -1.99. The van der Waals surface area contributed by atoms with Crippen LogP contribution in [0.1, 0.15) is 46.5 Å². The summed E-state index contributed by atoms with van der Waals surface area (Å²) < 4.78 is 0. The summed E-state index contributed by atoms with van der Waals surface area (Å²) in [5, 5.41) is 3.39. The normalized spacial score (nSPS) is 8.85. The summed E-state index contributed by atoms with van der Waals surface area (Å²) >= 11 is 0. The highest BCUT2D eigenvalue weighted by Crippen LogP contribution is 1.85. The van der Waals surface area contributed by atoms with Gasteiger partial charge in [0.2, 0.25) is 5.91 Å². The van der Waals surface area contributed by atoms with E-state index in [1.54, 1.807) is 0 Å². The minimum atomic E-state index is -0.333. The van der Waals surface area contributed by atoms with Crippen LogP contribution in [0, 0.1) is 0 Å². The standard InChI is InChI=1S/C8H19N.C2H5NO/c1-3-5-7-9-8-6-4-2;1-2(3)4/h9H,3-8H2,1-2H3;1H3,(H2,3,4). The monoisotopic (exact) mass is 188 g/mol. The van der Waals surface area contributed by atoms with Crippen LogP contribution < -0.4 is 11.1 Å². The molecule has 80 valence electrons. The molecule has 0 unspecified atom stereocenters. The zero-order valence-electron chi connectivity index (χ0n) is 9.23. The maximum absolute atomic E-state index is 9.22. The molecule has 0 atom stereocenters. The van der Waals surface area contributed by atoms with E-state index in [1.165, 1.54) is 45.7 Å². The van der Waals surface area contributed by atoms with Crippen molar-refractivity contribution in [3.63, 3.8) is 0 Å². The van der Waals surface area contributed by atoms with Gasteiger partial charge in [-0.3, -0.25) is 4.79 Å². The van der Waals surface area contributed by atoms with Crippen LogP contribution in [-0.2, 0) is 4.79 Å². The Bertz CT molecular complexity index is 95.1. The fraction of sp³-hybridized carbons (Fsp3) is 0.900. The molecule has 0 radical (unpaired) electrons. The Labute approximate surface area is 82.1 Å². The Morgan fingerprint density at radius 1 is 1.15 bits per heavy atom. The molecule has 0 aliphatic heterocycles. The van der Waals surface area contributed by atoms with E-state index in [0.29, 0.717) is 0 Å². The zero-order chi connectivity index (χ0) is 10.5. The third-order valence-corrected chi connectivity index (χ3v) is 1.41. The van der Waals surface area contributed by atoms with Crippen LogP contribution in [0.4, 0.5) is 0 Å². The van der Waals surface area contributed by atoms with Crippen molar-refractivity contribution >= 4 is 5.91 Å². The smallest absolute Gasteiger partial charge is 0.214 e. The maximum atomic E-state index is 9.22. The van der Waals surface area contributed by atoms with Gasteiger partial charge in [0.25, 0.3) is 0 Å². The average molecular weight is 188 g/mol. The number of amides is 1. The van der Waals surface area contributed by atoms with E-state index >= 15 is 0 Å². The molecule has 0 saturated carbocycles. The number of hydrogen-bond donors (Lipinski definition) is 2. The van der Waals surface area contributed by atoms with Gasteiger partial charge in [0, 0.05) is 6.92 Å². The molecule has 3 N–H and O–H groups in total. The third-order valence-electron chi connectivity index (χ3n) is 1.41. The van der Waals surface area contributed by atoms with Crippen molar-refractivity contribution in [3.8, 4) is 0 Å². The molecule has 0 aliphatic rings. The predicted octanol–water partition coefficient (Wildman–Crippen LogP) is 1.67. The van der Waals surface area contributed by atoms with Gasteiger partial charge in [0.1, 0.15) is 0 Å². The first-order valence-electron chi connectivity index (χ1n) is 5.11. The van der Waals surface area contributed by atoms with E-state index in [9.17, 15) is 4.79 Å². The Morgan fingerprint density at radius 2 is 1.46 bits per heavy atom. The first-order chi connectivity index (χ1) is 6.15. The number of nitrogens with two attached hydrogens (primary N) is 1. The molecule has 3 nitrogen and oxygen atoms in total. The topological polar surface area (TPSA) is 55.1 Å². The summed E-state index contributed by atoms with van der Waals surface area (Å²) in [5.41, 5.74) is 4.47. The van der Waals surface area contributed by atoms with Crippen molar-refractivity contribution in [1.29, 1.82) is 0 Å². The van der Waals surface area contributed by atoms with Crippen molar-refractivity contribution in [3.05, 3.63) is 0 Å². The van der Waals surface area contributed by atoms with Gasteiger partial charge in [-0.15, -0.1) is 0 Å². The Kier molecular flexibility index (Phi) is 16.1. The van der Waals surface area contributed by atoms with Crippen LogP contribution in [0.2, 0.25) is 0 Å². The van der Waals surface area contributed by atoms with Crippen molar-refractivity contribution in [2.75, 3.05) is 13.1 Å². The lowest BCUT2D eigenvalue weighted by molar-refractivity contribution is -0.115. The van der Waals surface area contributed by atoms with E-state index in [-0.39, 0.29) is 5.91 Å². The highest BCUT2D eigenvalue weighted by Gasteiger charge is 1.83. The predicted molar refractivity (Wildman–Crippen MR) is 57.6 cm³/mol. The number of carbonyl (C=O) groups is 1. The van der Waals surface area contributed by atoms with E-state index in [4.69, 9.17) is 0 Å². The fourth-order valence-electron chi connectivity index (χ4n) is 0.729. The van der Waals surface area contributed by atoms with Crippen molar-refractivity contribution in [1.82, 2.24) is 5.32 Å². The minimum absolute atomic E-state index is 0.333.